The third-order valence-electron chi connectivity index (χ3n) is 4.43. The molecule has 1 aromatic carbocycles. The van der Waals surface area contributed by atoms with Crippen molar-refractivity contribution in [2.75, 3.05) is 0 Å². The van der Waals surface area contributed by atoms with Crippen LogP contribution in [0.3, 0.4) is 0 Å². The van der Waals surface area contributed by atoms with Gasteiger partial charge in [0, 0.05) is 0 Å². The second-order valence-corrected chi connectivity index (χ2v) is 6.18. The van der Waals surface area contributed by atoms with Crippen molar-refractivity contribution in [1.82, 2.24) is 5.32 Å². The Morgan fingerprint density at radius 1 is 1.33 bits per heavy atom. The van der Waals surface area contributed by atoms with E-state index in [2.05, 4.69) is 23.5 Å². The molecular weight excluding hydrogens is 260 g/mol. The molecule has 1 amide bonds. The first-order valence-electron chi connectivity index (χ1n) is 7.85. The van der Waals surface area contributed by atoms with E-state index in [1.165, 1.54) is 19.3 Å². The first-order valence-corrected chi connectivity index (χ1v) is 7.85. The van der Waals surface area contributed by atoms with Gasteiger partial charge in [0.25, 0.3) is 0 Å². The predicted octanol–water partition coefficient (Wildman–Crippen LogP) is 3.43. The normalized spacial score (nSPS) is 17.0. The van der Waals surface area contributed by atoms with Gasteiger partial charge in [0.1, 0.15) is 6.04 Å². The number of nitriles is 1. The maximum atomic E-state index is 12.2. The van der Waals surface area contributed by atoms with Gasteiger partial charge < -0.3 is 5.32 Å². The van der Waals surface area contributed by atoms with Gasteiger partial charge in [-0.05, 0) is 43.7 Å². The van der Waals surface area contributed by atoms with Crippen LogP contribution < -0.4 is 5.32 Å². The van der Waals surface area contributed by atoms with Crippen molar-refractivity contribution >= 4 is 5.91 Å². The fourth-order valence-electron chi connectivity index (χ4n) is 3.11. The molecule has 21 heavy (non-hydrogen) atoms. The number of hydrogen-bond acceptors (Lipinski definition) is 2. The van der Waals surface area contributed by atoms with Gasteiger partial charge >= 0.3 is 0 Å². The largest absolute Gasteiger partial charge is 0.340 e. The van der Waals surface area contributed by atoms with Gasteiger partial charge in [-0.25, -0.2) is 0 Å². The summed E-state index contributed by atoms with van der Waals surface area (Å²) in [6.07, 6.45) is 6.08. The number of hydrogen-bond donors (Lipinski definition) is 1. The van der Waals surface area contributed by atoms with Crippen LogP contribution >= 0.6 is 0 Å². The molecule has 0 heterocycles. The summed E-state index contributed by atoms with van der Waals surface area (Å²) < 4.78 is 0. The summed E-state index contributed by atoms with van der Waals surface area (Å²) in [5.41, 5.74) is 3.34. The molecule has 3 nitrogen and oxygen atoms in total. The van der Waals surface area contributed by atoms with Crippen molar-refractivity contribution in [1.29, 1.82) is 5.26 Å². The van der Waals surface area contributed by atoms with Crippen LogP contribution in [0.15, 0.2) is 18.2 Å². The molecule has 0 spiro atoms. The van der Waals surface area contributed by atoms with Crippen molar-refractivity contribution in [3.05, 3.63) is 34.9 Å². The number of benzene rings is 1. The highest BCUT2D eigenvalue weighted by molar-refractivity contribution is 5.79. The standard InChI is InChI=1S/C18H24N2O/c1-13-8-9-14(2)16(10-13)11-18(21)20-17(12-19)15-6-4-3-5-7-15/h8-10,15,17H,3-7,11H2,1-2H3,(H,20,21). The van der Waals surface area contributed by atoms with Gasteiger partial charge in [-0.15, -0.1) is 0 Å². The third kappa shape index (κ3) is 4.32. The number of nitrogens with zero attached hydrogens (tertiary/aromatic N) is 1. The zero-order valence-electron chi connectivity index (χ0n) is 13.0. The Labute approximate surface area is 127 Å². The van der Waals surface area contributed by atoms with E-state index in [1.807, 2.05) is 19.9 Å². The third-order valence-corrected chi connectivity index (χ3v) is 4.43. The second kappa shape index (κ2) is 7.26. The Kier molecular flexibility index (Phi) is 5.38. The number of carbonyl (C=O) groups excluding carboxylic acids is 1. The van der Waals surface area contributed by atoms with Crippen molar-refractivity contribution in [2.24, 2.45) is 5.92 Å². The number of rotatable bonds is 4. The van der Waals surface area contributed by atoms with E-state index in [4.69, 9.17) is 0 Å². The molecule has 0 radical (unpaired) electrons. The molecular formula is C18H24N2O. The first-order chi connectivity index (χ1) is 10.1. The maximum Gasteiger partial charge on any atom is 0.225 e. The molecule has 1 aliphatic rings. The molecule has 0 bridgehead atoms. The van der Waals surface area contributed by atoms with Gasteiger partial charge in [0.2, 0.25) is 5.91 Å². The number of amides is 1. The SMILES string of the molecule is Cc1ccc(C)c(CC(=O)NC(C#N)C2CCCCC2)c1. The van der Waals surface area contributed by atoms with E-state index in [1.54, 1.807) is 0 Å². The monoisotopic (exact) mass is 284 g/mol. The minimum absolute atomic E-state index is 0.0409. The molecule has 1 N–H and O–H groups in total. The number of nitrogens with one attached hydrogen (secondary N) is 1. The summed E-state index contributed by atoms with van der Waals surface area (Å²) in [5.74, 6) is 0.284. The second-order valence-electron chi connectivity index (χ2n) is 6.18. The average molecular weight is 284 g/mol. The molecule has 1 fully saturated rings. The van der Waals surface area contributed by atoms with Crippen molar-refractivity contribution in [2.45, 2.75) is 58.4 Å². The number of aryl methyl sites for hydroxylation is 2. The Bertz CT molecular complexity index is 539. The van der Waals surface area contributed by atoms with Gasteiger partial charge in [-0.1, -0.05) is 43.0 Å². The lowest BCUT2D eigenvalue weighted by atomic mass is 9.84. The first kappa shape index (κ1) is 15.6. The Hall–Kier alpha value is -1.82. The lowest BCUT2D eigenvalue weighted by Gasteiger charge is -2.26. The molecule has 0 aliphatic heterocycles. The van der Waals surface area contributed by atoms with Crippen LogP contribution in [-0.4, -0.2) is 11.9 Å². The molecule has 1 aliphatic carbocycles. The molecule has 0 aromatic heterocycles. The highest BCUT2D eigenvalue weighted by atomic mass is 16.1. The summed E-state index contributed by atoms with van der Waals surface area (Å²) in [4.78, 5) is 12.2. The van der Waals surface area contributed by atoms with E-state index in [0.717, 1.165) is 29.5 Å². The highest BCUT2D eigenvalue weighted by Gasteiger charge is 2.24. The van der Waals surface area contributed by atoms with Crippen LogP contribution in [0.2, 0.25) is 0 Å². The summed E-state index contributed by atoms with van der Waals surface area (Å²) in [6.45, 7) is 4.05. The predicted molar refractivity (Wildman–Crippen MR) is 83.7 cm³/mol. The van der Waals surface area contributed by atoms with Crippen LogP contribution in [-0.2, 0) is 11.2 Å². The molecule has 3 heteroatoms. The maximum absolute atomic E-state index is 12.2. The van der Waals surface area contributed by atoms with E-state index in [9.17, 15) is 10.1 Å². The van der Waals surface area contributed by atoms with E-state index in [-0.39, 0.29) is 11.9 Å². The van der Waals surface area contributed by atoms with Crippen molar-refractivity contribution in [3.8, 4) is 6.07 Å². The minimum Gasteiger partial charge on any atom is -0.340 e. The number of carbonyl (C=O) groups is 1. The average Bonchev–Trinajstić information content (AvgIpc) is 2.49. The van der Waals surface area contributed by atoms with Crippen LogP contribution in [0.4, 0.5) is 0 Å². The quantitative estimate of drug-likeness (QED) is 0.921. The molecule has 1 atom stereocenters. The Balaban J connectivity index is 1.96. The van der Waals surface area contributed by atoms with Gasteiger partial charge in [0.05, 0.1) is 12.5 Å². The highest BCUT2D eigenvalue weighted by Crippen LogP contribution is 2.26. The lowest BCUT2D eigenvalue weighted by Crippen LogP contribution is -2.40. The summed E-state index contributed by atoms with van der Waals surface area (Å²) in [6, 6.07) is 8.10. The zero-order valence-corrected chi connectivity index (χ0v) is 13.0. The summed E-state index contributed by atoms with van der Waals surface area (Å²) in [5, 5.41) is 12.3. The fraction of sp³-hybridized carbons (Fsp3) is 0.556. The molecule has 112 valence electrons. The summed E-state index contributed by atoms with van der Waals surface area (Å²) in [7, 11) is 0. The van der Waals surface area contributed by atoms with Crippen LogP contribution in [0.25, 0.3) is 0 Å². The Morgan fingerprint density at radius 2 is 2.05 bits per heavy atom. The molecule has 0 saturated heterocycles. The zero-order chi connectivity index (χ0) is 15.2. The lowest BCUT2D eigenvalue weighted by molar-refractivity contribution is -0.121. The van der Waals surface area contributed by atoms with Crippen LogP contribution in [0, 0.1) is 31.1 Å². The molecule has 1 unspecified atom stereocenters. The summed E-state index contributed by atoms with van der Waals surface area (Å²) >= 11 is 0. The van der Waals surface area contributed by atoms with Gasteiger partial charge in [0.15, 0.2) is 0 Å². The minimum atomic E-state index is -0.331. The van der Waals surface area contributed by atoms with E-state index in [0.29, 0.717) is 12.3 Å². The topological polar surface area (TPSA) is 52.9 Å². The van der Waals surface area contributed by atoms with Crippen LogP contribution in [0.1, 0.15) is 48.8 Å². The van der Waals surface area contributed by atoms with E-state index < -0.39 is 0 Å². The fourth-order valence-corrected chi connectivity index (χ4v) is 3.11. The van der Waals surface area contributed by atoms with Gasteiger partial charge in [-0.3, -0.25) is 4.79 Å². The van der Waals surface area contributed by atoms with Gasteiger partial charge in [-0.2, -0.15) is 5.26 Å². The van der Waals surface area contributed by atoms with Crippen molar-refractivity contribution in [3.63, 3.8) is 0 Å². The molecule has 1 aromatic rings. The molecule has 2 rings (SSSR count). The Morgan fingerprint density at radius 3 is 2.71 bits per heavy atom. The molecule has 1 saturated carbocycles. The smallest absolute Gasteiger partial charge is 0.225 e. The van der Waals surface area contributed by atoms with Crippen molar-refractivity contribution < 1.29 is 4.79 Å². The van der Waals surface area contributed by atoms with Crippen LogP contribution in [0.5, 0.6) is 0 Å². The van der Waals surface area contributed by atoms with E-state index >= 15 is 0 Å².